The van der Waals surface area contributed by atoms with Gasteiger partial charge in [0.15, 0.2) is 0 Å². The zero-order valence-electron chi connectivity index (χ0n) is 16.1. The van der Waals surface area contributed by atoms with Crippen molar-refractivity contribution in [3.05, 3.63) is 34.6 Å². The number of carbonyl (C=O) groups is 1. The summed E-state index contributed by atoms with van der Waals surface area (Å²) in [5.41, 5.74) is 2.67. The van der Waals surface area contributed by atoms with Gasteiger partial charge in [-0.2, -0.15) is 0 Å². The number of piperidine rings is 2. The third-order valence-corrected chi connectivity index (χ3v) is 6.16. The maximum Gasteiger partial charge on any atom is 0.222 e. The Hall–Kier alpha value is -1.46. The summed E-state index contributed by atoms with van der Waals surface area (Å²) in [7, 11) is 0. The van der Waals surface area contributed by atoms with Gasteiger partial charge >= 0.3 is 0 Å². The van der Waals surface area contributed by atoms with E-state index in [0.717, 1.165) is 56.6 Å². The second-order valence-corrected chi connectivity index (χ2v) is 8.19. The van der Waals surface area contributed by atoms with Crippen LogP contribution >= 0.6 is 0 Å². The van der Waals surface area contributed by atoms with Gasteiger partial charge in [0.1, 0.15) is 5.82 Å². The van der Waals surface area contributed by atoms with Crippen LogP contribution in [0.3, 0.4) is 0 Å². The molecular formula is C21H31FN2O2. The van der Waals surface area contributed by atoms with Crippen molar-refractivity contribution in [2.45, 2.75) is 52.5 Å². The Morgan fingerprint density at radius 1 is 1.23 bits per heavy atom. The molecule has 4 nitrogen and oxygen atoms in total. The first kappa shape index (κ1) is 19.3. The minimum atomic E-state index is -0.0901. The molecule has 3 rings (SSSR count). The molecule has 1 atom stereocenters. The molecule has 2 heterocycles. The molecule has 0 saturated carbocycles. The van der Waals surface area contributed by atoms with E-state index in [0.29, 0.717) is 24.9 Å². The molecular weight excluding hydrogens is 331 g/mol. The van der Waals surface area contributed by atoms with Crippen molar-refractivity contribution in [3.8, 4) is 0 Å². The summed E-state index contributed by atoms with van der Waals surface area (Å²) < 4.78 is 14.2. The SMILES string of the molecule is Cc1ccc(CN2CCC[C@]3(CCC(=O)N(CCCO)C3)C2)c(C)c1F. The quantitative estimate of drug-likeness (QED) is 0.876. The van der Waals surface area contributed by atoms with Gasteiger partial charge in [0.05, 0.1) is 0 Å². The molecule has 1 aromatic carbocycles. The van der Waals surface area contributed by atoms with Gasteiger partial charge in [-0.25, -0.2) is 4.39 Å². The van der Waals surface area contributed by atoms with Crippen molar-refractivity contribution in [2.24, 2.45) is 5.41 Å². The minimum absolute atomic E-state index is 0.0901. The first-order chi connectivity index (χ1) is 12.4. The average Bonchev–Trinajstić information content (AvgIpc) is 2.63. The molecule has 0 bridgehead atoms. The Labute approximate surface area is 156 Å². The third kappa shape index (κ3) is 4.09. The van der Waals surface area contributed by atoms with Gasteiger partial charge in [0.25, 0.3) is 0 Å². The minimum Gasteiger partial charge on any atom is -0.396 e. The molecule has 1 spiro atoms. The van der Waals surface area contributed by atoms with E-state index in [2.05, 4.69) is 4.90 Å². The number of halogens is 1. The highest BCUT2D eigenvalue weighted by atomic mass is 19.1. The molecule has 2 aliphatic heterocycles. The largest absolute Gasteiger partial charge is 0.396 e. The highest BCUT2D eigenvalue weighted by molar-refractivity contribution is 5.77. The Morgan fingerprint density at radius 2 is 2.04 bits per heavy atom. The van der Waals surface area contributed by atoms with E-state index in [4.69, 9.17) is 5.11 Å². The zero-order valence-corrected chi connectivity index (χ0v) is 16.1. The first-order valence-corrected chi connectivity index (χ1v) is 9.80. The van der Waals surface area contributed by atoms with Crippen LogP contribution < -0.4 is 0 Å². The fourth-order valence-corrected chi connectivity index (χ4v) is 4.62. The Balaban J connectivity index is 1.69. The van der Waals surface area contributed by atoms with Crippen molar-refractivity contribution in [1.29, 1.82) is 0 Å². The van der Waals surface area contributed by atoms with Crippen molar-refractivity contribution in [3.63, 3.8) is 0 Å². The summed E-state index contributed by atoms with van der Waals surface area (Å²) in [6.45, 7) is 8.01. The maximum absolute atomic E-state index is 14.2. The van der Waals surface area contributed by atoms with Gasteiger partial charge in [-0.15, -0.1) is 0 Å². The van der Waals surface area contributed by atoms with Crippen molar-refractivity contribution in [1.82, 2.24) is 9.80 Å². The van der Waals surface area contributed by atoms with Crippen LogP contribution in [0.15, 0.2) is 12.1 Å². The van der Waals surface area contributed by atoms with Gasteiger partial charge < -0.3 is 10.0 Å². The second kappa shape index (κ2) is 8.05. The molecule has 0 unspecified atom stereocenters. The van der Waals surface area contributed by atoms with Crippen molar-refractivity contribution < 1.29 is 14.3 Å². The summed E-state index contributed by atoms with van der Waals surface area (Å²) in [6.07, 6.45) is 4.47. The van der Waals surface area contributed by atoms with Crippen LogP contribution in [0.2, 0.25) is 0 Å². The number of rotatable bonds is 5. The standard InChI is InChI=1S/C21H31FN2O2/c1-16-5-6-18(17(2)20(16)22)13-23-10-3-8-21(14-23)9-7-19(26)24(15-21)11-4-12-25/h5-6,25H,3-4,7-15H2,1-2H3/t21-/m0/s1. The molecule has 1 amide bonds. The molecule has 2 saturated heterocycles. The number of hydrogen-bond donors (Lipinski definition) is 1. The summed E-state index contributed by atoms with van der Waals surface area (Å²) in [5, 5.41) is 9.08. The van der Waals surface area contributed by atoms with E-state index < -0.39 is 0 Å². The predicted molar refractivity (Wildman–Crippen MR) is 100 cm³/mol. The zero-order chi connectivity index (χ0) is 18.7. The number of nitrogens with zero attached hydrogens (tertiary/aromatic N) is 2. The first-order valence-electron chi connectivity index (χ1n) is 9.80. The summed E-state index contributed by atoms with van der Waals surface area (Å²) >= 11 is 0. The van der Waals surface area contributed by atoms with Crippen LogP contribution in [0.5, 0.6) is 0 Å². The molecule has 0 radical (unpaired) electrons. The molecule has 2 fully saturated rings. The normalized spacial score (nSPS) is 24.5. The van der Waals surface area contributed by atoms with E-state index in [9.17, 15) is 9.18 Å². The molecule has 0 aromatic heterocycles. The Morgan fingerprint density at radius 3 is 2.81 bits per heavy atom. The molecule has 144 valence electrons. The van der Waals surface area contributed by atoms with Gasteiger partial charge in [0, 0.05) is 44.6 Å². The summed E-state index contributed by atoms with van der Waals surface area (Å²) in [5.74, 6) is 0.130. The van der Waals surface area contributed by atoms with Crippen LogP contribution in [0.4, 0.5) is 4.39 Å². The number of hydrogen-bond acceptors (Lipinski definition) is 3. The Bertz CT molecular complexity index is 664. The number of aliphatic hydroxyl groups is 1. The van der Waals surface area contributed by atoms with E-state index in [1.807, 2.05) is 30.9 Å². The van der Waals surface area contributed by atoms with Crippen LogP contribution in [0, 0.1) is 25.1 Å². The highest BCUT2D eigenvalue weighted by Gasteiger charge is 2.41. The lowest BCUT2D eigenvalue weighted by molar-refractivity contribution is -0.139. The smallest absolute Gasteiger partial charge is 0.222 e. The lowest BCUT2D eigenvalue weighted by Gasteiger charge is -2.48. The van der Waals surface area contributed by atoms with Gasteiger partial charge in [-0.3, -0.25) is 9.69 Å². The molecule has 1 aromatic rings. The predicted octanol–water partition coefficient (Wildman–Crippen LogP) is 3.03. The maximum atomic E-state index is 14.2. The number of likely N-dealkylation sites (tertiary alicyclic amines) is 2. The summed E-state index contributed by atoms with van der Waals surface area (Å²) in [4.78, 5) is 16.6. The van der Waals surface area contributed by atoms with Gasteiger partial charge in [-0.1, -0.05) is 12.1 Å². The lowest BCUT2D eigenvalue weighted by Crippen LogP contribution is -2.54. The van der Waals surface area contributed by atoms with Crippen LogP contribution in [-0.4, -0.2) is 53.6 Å². The van der Waals surface area contributed by atoms with Crippen LogP contribution in [0.25, 0.3) is 0 Å². The van der Waals surface area contributed by atoms with Crippen LogP contribution in [0.1, 0.15) is 48.8 Å². The fraction of sp³-hybridized carbons (Fsp3) is 0.667. The van der Waals surface area contributed by atoms with E-state index in [1.165, 1.54) is 0 Å². The fourth-order valence-electron chi connectivity index (χ4n) is 4.62. The van der Waals surface area contributed by atoms with Gasteiger partial charge in [0.2, 0.25) is 5.91 Å². The number of aliphatic hydroxyl groups excluding tert-OH is 1. The number of aryl methyl sites for hydroxylation is 1. The number of benzene rings is 1. The Kier molecular flexibility index (Phi) is 5.98. The van der Waals surface area contributed by atoms with Crippen molar-refractivity contribution >= 4 is 5.91 Å². The number of carbonyl (C=O) groups excluding carboxylic acids is 1. The van der Waals surface area contributed by atoms with E-state index in [-0.39, 0.29) is 23.7 Å². The second-order valence-electron chi connectivity index (χ2n) is 8.19. The highest BCUT2D eigenvalue weighted by Crippen LogP contribution is 2.39. The van der Waals surface area contributed by atoms with E-state index in [1.54, 1.807) is 0 Å². The molecule has 1 N–H and O–H groups in total. The van der Waals surface area contributed by atoms with Gasteiger partial charge in [-0.05, 0) is 62.8 Å². The third-order valence-electron chi connectivity index (χ3n) is 6.16. The van der Waals surface area contributed by atoms with Crippen LogP contribution in [-0.2, 0) is 11.3 Å². The molecule has 26 heavy (non-hydrogen) atoms. The molecule has 2 aliphatic rings. The van der Waals surface area contributed by atoms with Crippen molar-refractivity contribution in [2.75, 3.05) is 32.8 Å². The average molecular weight is 362 g/mol. The molecule has 5 heteroatoms. The lowest BCUT2D eigenvalue weighted by atomic mass is 9.73. The van der Waals surface area contributed by atoms with E-state index >= 15 is 0 Å². The topological polar surface area (TPSA) is 43.8 Å². The molecule has 0 aliphatic carbocycles. The number of amides is 1. The summed E-state index contributed by atoms with van der Waals surface area (Å²) in [6, 6.07) is 3.92. The monoisotopic (exact) mass is 362 g/mol.